The number of nitrogens with one attached hydrogen (secondary N) is 1. The number of aromatic nitrogens is 3. The zero-order valence-corrected chi connectivity index (χ0v) is 18.7. The summed E-state index contributed by atoms with van der Waals surface area (Å²) in [5, 5.41) is 3.51. The first-order valence-electron chi connectivity index (χ1n) is 11.2. The van der Waals surface area contributed by atoms with Gasteiger partial charge < -0.3 is 10.1 Å². The quantitative estimate of drug-likeness (QED) is 0.501. The standard InChI is InChI=1S/C25H30FN5O/c1-18(2)32-15-5-13-28-24-21-17-31(16-19-7-9-20(26)10-8-19)14-11-22(21)29-25(30-24)23-6-3-4-12-27-23/h3-4,6-10,12,18H,5,11,13-17H2,1-2H3,(H,28,29,30). The number of benzene rings is 1. The van der Waals surface area contributed by atoms with Crippen molar-refractivity contribution in [3.8, 4) is 11.5 Å². The fraction of sp³-hybridized carbons (Fsp3) is 0.400. The molecule has 168 valence electrons. The van der Waals surface area contributed by atoms with Crippen molar-refractivity contribution in [2.24, 2.45) is 0 Å². The van der Waals surface area contributed by atoms with Crippen LogP contribution in [0.15, 0.2) is 48.7 Å². The van der Waals surface area contributed by atoms with Crippen LogP contribution in [0.4, 0.5) is 10.2 Å². The molecule has 3 aromatic rings. The summed E-state index contributed by atoms with van der Waals surface area (Å²) in [4.78, 5) is 16.5. The number of hydrogen-bond donors (Lipinski definition) is 1. The molecule has 0 fully saturated rings. The highest BCUT2D eigenvalue weighted by Gasteiger charge is 2.23. The van der Waals surface area contributed by atoms with E-state index < -0.39 is 0 Å². The van der Waals surface area contributed by atoms with E-state index in [1.807, 2.05) is 44.2 Å². The number of hydrogen-bond acceptors (Lipinski definition) is 6. The molecule has 0 unspecified atom stereocenters. The van der Waals surface area contributed by atoms with Crippen molar-refractivity contribution in [1.82, 2.24) is 19.9 Å². The maximum atomic E-state index is 13.3. The van der Waals surface area contributed by atoms with E-state index in [-0.39, 0.29) is 11.9 Å². The topological polar surface area (TPSA) is 63.2 Å². The summed E-state index contributed by atoms with van der Waals surface area (Å²) >= 11 is 0. The summed E-state index contributed by atoms with van der Waals surface area (Å²) < 4.78 is 18.9. The van der Waals surface area contributed by atoms with Crippen molar-refractivity contribution < 1.29 is 9.13 Å². The van der Waals surface area contributed by atoms with E-state index in [0.717, 1.165) is 67.4 Å². The van der Waals surface area contributed by atoms with Gasteiger partial charge in [0.2, 0.25) is 0 Å². The van der Waals surface area contributed by atoms with Gasteiger partial charge in [-0.3, -0.25) is 9.88 Å². The molecule has 4 rings (SSSR count). The zero-order valence-electron chi connectivity index (χ0n) is 18.7. The Morgan fingerprint density at radius 1 is 1.12 bits per heavy atom. The number of pyridine rings is 1. The first-order valence-corrected chi connectivity index (χ1v) is 11.2. The van der Waals surface area contributed by atoms with Crippen molar-refractivity contribution in [3.05, 3.63) is 71.3 Å². The monoisotopic (exact) mass is 435 g/mol. The van der Waals surface area contributed by atoms with E-state index in [4.69, 9.17) is 14.7 Å². The molecule has 1 N–H and O–H groups in total. The predicted octanol–water partition coefficient (Wildman–Crippen LogP) is 4.46. The molecule has 0 bridgehead atoms. The Kier molecular flexibility index (Phi) is 7.39. The Hall–Kier alpha value is -2.90. The second-order valence-electron chi connectivity index (χ2n) is 8.32. The van der Waals surface area contributed by atoms with Crippen molar-refractivity contribution in [1.29, 1.82) is 0 Å². The first-order chi connectivity index (χ1) is 15.6. The van der Waals surface area contributed by atoms with Gasteiger partial charge in [-0.15, -0.1) is 0 Å². The van der Waals surface area contributed by atoms with E-state index in [1.54, 1.807) is 6.20 Å². The minimum atomic E-state index is -0.207. The molecule has 0 saturated heterocycles. The lowest BCUT2D eigenvalue weighted by Crippen LogP contribution is -2.32. The van der Waals surface area contributed by atoms with Gasteiger partial charge in [-0.1, -0.05) is 18.2 Å². The summed E-state index contributed by atoms with van der Waals surface area (Å²) in [6, 6.07) is 12.5. The van der Waals surface area contributed by atoms with Crippen LogP contribution in [-0.4, -0.2) is 45.7 Å². The Morgan fingerprint density at radius 3 is 2.72 bits per heavy atom. The second kappa shape index (κ2) is 10.6. The average molecular weight is 436 g/mol. The molecule has 0 atom stereocenters. The van der Waals surface area contributed by atoms with Gasteiger partial charge in [-0.2, -0.15) is 0 Å². The number of ether oxygens (including phenoxy) is 1. The van der Waals surface area contributed by atoms with E-state index in [0.29, 0.717) is 12.4 Å². The summed E-state index contributed by atoms with van der Waals surface area (Å²) in [6.07, 6.45) is 3.73. The summed E-state index contributed by atoms with van der Waals surface area (Å²) in [7, 11) is 0. The van der Waals surface area contributed by atoms with Crippen LogP contribution in [0.2, 0.25) is 0 Å². The Morgan fingerprint density at radius 2 is 1.97 bits per heavy atom. The molecule has 3 heterocycles. The van der Waals surface area contributed by atoms with Crippen molar-refractivity contribution >= 4 is 5.82 Å². The molecule has 0 radical (unpaired) electrons. The largest absolute Gasteiger partial charge is 0.379 e. The molecule has 0 saturated carbocycles. The van der Waals surface area contributed by atoms with Crippen LogP contribution in [0.25, 0.3) is 11.5 Å². The number of fused-ring (bicyclic) bond motifs is 1. The normalized spacial score (nSPS) is 13.9. The molecule has 0 spiro atoms. The highest BCUT2D eigenvalue weighted by atomic mass is 19.1. The lowest BCUT2D eigenvalue weighted by atomic mass is 10.0. The Balaban J connectivity index is 1.53. The number of nitrogens with zero attached hydrogens (tertiary/aromatic N) is 4. The highest BCUT2D eigenvalue weighted by molar-refractivity contribution is 5.57. The van der Waals surface area contributed by atoms with Crippen LogP contribution in [0, 0.1) is 5.82 Å². The fourth-order valence-corrected chi connectivity index (χ4v) is 3.81. The molecule has 1 aliphatic rings. The SMILES string of the molecule is CC(C)OCCCNc1nc(-c2ccccn2)nc2c1CN(Cc1ccc(F)cc1)CC2. The van der Waals surface area contributed by atoms with Crippen LogP contribution in [0.5, 0.6) is 0 Å². The number of rotatable bonds is 9. The summed E-state index contributed by atoms with van der Waals surface area (Å²) in [5.41, 5.74) is 4.07. The Labute approximate surface area is 188 Å². The third kappa shape index (κ3) is 5.87. The van der Waals surface area contributed by atoms with Crippen LogP contribution < -0.4 is 5.32 Å². The molecule has 1 aromatic carbocycles. The van der Waals surface area contributed by atoms with Crippen LogP contribution >= 0.6 is 0 Å². The first kappa shape index (κ1) is 22.3. The van der Waals surface area contributed by atoms with Gasteiger partial charge in [0.05, 0.1) is 11.8 Å². The van der Waals surface area contributed by atoms with Gasteiger partial charge in [0.1, 0.15) is 17.3 Å². The molecule has 7 heteroatoms. The van der Waals surface area contributed by atoms with Gasteiger partial charge in [0.15, 0.2) is 5.82 Å². The molecule has 0 aliphatic carbocycles. The average Bonchev–Trinajstić information content (AvgIpc) is 2.80. The molecule has 6 nitrogen and oxygen atoms in total. The minimum Gasteiger partial charge on any atom is -0.379 e. The van der Waals surface area contributed by atoms with E-state index >= 15 is 0 Å². The second-order valence-corrected chi connectivity index (χ2v) is 8.32. The fourth-order valence-electron chi connectivity index (χ4n) is 3.81. The third-order valence-corrected chi connectivity index (χ3v) is 5.42. The maximum Gasteiger partial charge on any atom is 0.180 e. The molecule has 1 aliphatic heterocycles. The number of anilines is 1. The van der Waals surface area contributed by atoms with Gasteiger partial charge >= 0.3 is 0 Å². The van der Waals surface area contributed by atoms with Crippen LogP contribution in [0.3, 0.4) is 0 Å². The molecule has 0 amide bonds. The zero-order chi connectivity index (χ0) is 22.3. The Bertz CT molecular complexity index is 1010. The van der Waals surface area contributed by atoms with E-state index in [2.05, 4.69) is 15.2 Å². The molecule has 32 heavy (non-hydrogen) atoms. The molecular weight excluding hydrogens is 405 g/mol. The van der Waals surface area contributed by atoms with E-state index in [1.165, 1.54) is 12.1 Å². The lowest BCUT2D eigenvalue weighted by Gasteiger charge is -2.29. The van der Waals surface area contributed by atoms with Crippen LogP contribution in [-0.2, 0) is 24.2 Å². The van der Waals surface area contributed by atoms with Gasteiger partial charge in [-0.05, 0) is 50.1 Å². The molecular formula is C25H30FN5O. The number of halogens is 1. The van der Waals surface area contributed by atoms with Crippen LogP contribution in [0.1, 0.15) is 37.1 Å². The highest BCUT2D eigenvalue weighted by Crippen LogP contribution is 2.27. The van der Waals surface area contributed by atoms with Gasteiger partial charge in [0, 0.05) is 51.0 Å². The van der Waals surface area contributed by atoms with E-state index in [9.17, 15) is 4.39 Å². The minimum absolute atomic E-state index is 0.207. The van der Waals surface area contributed by atoms with Gasteiger partial charge in [0.25, 0.3) is 0 Å². The molecule has 2 aromatic heterocycles. The third-order valence-electron chi connectivity index (χ3n) is 5.42. The lowest BCUT2D eigenvalue weighted by molar-refractivity contribution is 0.0787. The van der Waals surface area contributed by atoms with Crippen molar-refractivity contribution in [2.75, 3.05) is 25.0 Å². The van der Waals surface area contributed by atoms with Crippen molar-refractivity contribution in [3.63, 3.8) is 0 Å². The van der Waals surface area contributed by atoms with Crippen molar-refractivity contribution in [2.45, 2.75) is 45.9 Å². The smallest absolute Gasteiger partial charge is 0.180 e. The predicted molar refractivity (Wildman–Crippen MR) is 124 cm³/mol. The maximum absolute atomic E-state index is 13.3. The van der Waals surface area contributed by atoms with Gasteiger partial charge in [-0.25, -0.2) is 14.4 Å². The summed E-state index contributed by atoms with van der Waals surface area (Å²) in [6.45, 7) is 7.98. The summed E-state index contributed by atoms with van der Waals surface area (Å²) in [5.74, 6) is 1.31.